The lowest BCUT2D eigenvalue weighted by Crippen LogP contribution is -2.17. The van der Waals surface area contributed by atoms with E-state index in [1.807, 2.05) is 41.8 Å². The van der Waals surface area contributed by atoms with Gasteiger partial charge >= 0.3 is 0 Å². The van der Waals surface area contributed by atoms with Gasteiger partial charge in [-0.2, -0.15) is 4.98 Å². The fourth-order valence-corrected chi connectivity index (χ4v) is 4.11. The minimum Gasteiger partial charge on any atom is -0.486 e. The number of amides is 1. The molecular weight excluding hydrogens is 444 g/mol. The first-order valence-corrected chi connectivity index (χ1v) is 11.3. The average molecular weight is 465 g/mol. The molecule has 2 aromatic heterocycles. The van der Waals surface area contributed by atoms with Crippen LogP contribution in [0.5, 0.6) is 11.5 Å². The SMILES string of the molecule is CCn1c(SCC(=O)Nc2ccc3c(c2)OCCO3)nnc1-c1nc(-c2ccccc2)no1. The number of ether oxygens (including phenoxy) is 2. The number of rotatable bonds is 7. The van der Waals surface area contributed by atoms with Crippen molar-refractivity contribution in [3.8, 4) is 34.6 Å². The van der Waals surface area contributed by atoms with Gasteiger partial charge in [-0.1, -0.05) is 47.3 Å². The van der Waals surface area contributed by atoms with Crippen LogP contribution >= 0.6 is 11.8 Å². The fraction of sp³-hybridized carbons (Fsp3) is 0.227. The molecule has 2 aromatic carbocycles. The number of carbonyl (C=O) groups excluding carboxylic acids is 1. The summed E-state index contributed by atoms with van der Waals surface area (Å²) in [4.78, 5) is 16.9. The summed E-state index contributed by atoms with van der Waals surface area (Å²) >= 11 is 1.28. The average Bonchev–Trinajstić information content (AvgIpc) is 3.50. The van der Waals surface area contributed by atoms with E-state index in [2.05, 4.69) is 25.7 Å². The van der Waals surface area contributed by atoms with Gasteiger partial charge in [-0.15, -0.1) is 10.2 Å². The van der Waals surface area contributed by atoms with Crippen LogP contribution in [-0.4, -0.2) is 49.8 Å². The molecule has 0 atom stereocenters. The Balaban J connectivity index is 1.25. The highest BCUT2D eigenvalue weighted by molar-refractivity contribution is 7.99. The summed E-state index contributed by atoms with van der Waals surface area (Å²) in [6.07, 6.45) is 0. The van der Waals surface area contributed by atoms with Gasteiger partial charge in [0.15, 0.2) is 16.7 Å². The Bertz CT molecular complexity index is 1270. The number of carbonyl (C=O) groups is 1. The number of nitrogens with one attached hydrogen (secondary N) is 1. The third-order valence-corrected chi connectivity index (χ3v) is 5.81. The van der Waals surface area contributed by atoms with Crippen molar-refractivity contribution in [1.29, 1.82) is 0 Å². The minimum atomic E-state index is -0.173. The van der Waals surface area contributed by atoms with E-state index >= 15 is 0 Å². The first-order valence-electron chi connectivity index (χ1n) is 10.4. The molecule has 0 radical (unpaired) electrons. The number of hydrogen-bond donors (Lipinski definition) is 1. The maximum atomic E-state index is 12.5. The van der Waals surface area contributed by atoms with E-state index in [4.69, 9.17) is 14.0 Å². The number of aromatic nitrogens is 5. The molecule has 3 heterocycles. The quantitative estimate of drug-likeness (QED) is 0.410. The van der Waals surface area contributed by atoms with Crippen molar-refractivity contribution in [1.82, 2.24) is 24.9 Å². The largest absolute Gasteiger partial charge is 0.486 e. The lowest BCUT2D eigenvalue weighted by molar-refractivity contribution is -0.113. The van der Waals surface area contributed by atoms with E-state index in [-0.39, 0.29) is 17.6 Å². The van der Waals surface area contributed by atoms with Crippen molar-refractivity contribution in [3.05, 3.63) is 48.5 Å². The second-order valence-electron chi connectivity index (χ2n) is 7.03. The van der Waals surface area contributed by atoms with Gasteiger partial charge in [0.2, 0.25) is 17.6 Å². The molecule has 10 nitrogen and oxygen atoms in total. The third-order valence-electron chi connectivity index (χ3n) is 4.84. The van der Waals surface area contributed by atoms with Crippen molar-refractivity contribution in [2.24, 2.45) is 0 Å². The molecule has 0 saturated carbocycles. The zero-order valence-electron chi connectivity index (χ0n) is 17.7. The lowest BCUT2D eigenvalue weighted by Gasteiger charge is -2.19. The summed E-state index contributed by atoms with van der Waals surface area (Å²) < 4.78 is 18.3. The standard InChI is InChI=1S/C22H20N6O4S/c1-2-28-20(21-24-19(27-32-21)14-6-4-3-5-7-14)25-26-22(28)33-13-18(29)23-15-8-9-16-17(12-15)31-11-10-30-16/h3-9,12H,2,10-11,13H2,1H3,(H,23,29). The summed E-state index contributed by atoms with van der Waals surface area (Å²) in [5.41, 5.74) is 1.49. The molecule has 4 aromatic rings. The van der Waals surface area contributed by atoms with Crippen LogP contribution < -0.4 is 14.8 Å². The van der Waals surface area contributed by atoms with Crippen molar-refractivity contribution in [3.63, 3.8) is 0 Å². The smallest absolute Gasteiger partial charge is 0.296 e. The van der Waals surface area contributed by atoms with Crippen molar-refractivity contribution < 1.29 is 18.8 Å². The molecular formula is C22H20N6O4S. The predicted molar refractivity (Wildman–Crippen MR) is 121 cm³/mol. The molecule has 1 aliphatic rings. The Morgan fingerprint density at radius 1 is 1.09 bits per heavy atom. The van der Waals surface area contributed by atoms with Crippen molar-refractivity contribution >= 4 is 23.4 Å². The van der Waals surface area contributed by atoms with Crippen LogP contribution in [0.1, 0.15) is 6.92 Å². The van der Waals surface area contributed by atoms with Gasteiger partial charge in [-0.25, -0.2) is 0 Å². The number of thioether (sulfide) groups is 1. The molecule has 0 fully saturated rings. The molecule has 0 bridgehead atoms. The molecule has 0 saturated heterocycles. The second-order valence-corrected chi connectivity index (χ2v) is 7.98. The number of benzene rings is 2. The summed E-state index contributed by atoms with van der Waals surface area (Å²) in [6.45, 7) is 3.55. The lowest BCUT2D eigenvalue weighted by atomic mass is 10.2. The maximum absolute atomic E-state index is 12.5. The molecule has 1 amide bonds. The second kappa shape index (κ2) is 9.33. The Morgan fingerprint density at radius 2 is 1.91 bits per heavy atom. The van der Waals surface area contributed by atoms with Crippen LogP contribution in [0.4, 0.5) is 5.69 Å². The maximum Gasteiger partial charge on any atom is 0.296 e. The van der Waals surface area contributed by atoms with Gasteiger partial charge in [0.1, 0.15) is 13.2 Å². The highest BCUT2D eigenvalue weighted by Crippen LogP contribution is 2.32. The van der Waals surface area contributed by atoms with Crippen molar-refractivity contribution in [2.75, 3.05) is 24.3 Å². The molecule has 0 aliphatic carbocycles. The van der Waals surface area contributed by atoms with Gasteiger partial charge in [0, 0.05) is 23.9 Å². The third kappa shape index (κ3) is 4.53. The Morgan fingerprint density at radius 3 is 2.73 bits per heavy atom. The van der Waals surface area contributed by atoms with Crippen LogP contribution in [0.2, 0.25) is 0 Å². The Hall–Kier alpha value is -3.86. The minimum absolute atomic E-state index is 0.158. The highest BCUT2D eigenvalue weighted by atomic mass is 32.2. The van der Waals surface area contributed by atoms with E-state index in [1.54, 1.807) is 18.2 Å². The highest BCUT2D eigenvalue weighted by Gasteiger charge is 2.20. The molecule has 11 heteroatoms. The zero-order valence-corrected chi connectivity index (χ0v) is 18.5. The molecule has 1 N–H and O–H groups in total. The summed E-state index contributed by atoms with van der Waals surface area (Å²) in [5, 5.41) is 15.9. The summed E-state index contributed by atoms with van der Waals surface area (Å²) in [6, 6.07) is 14.9. The van der Waals surface area contributed by atoms with Gasteiger partial charge < -0.3 is 19.3 Å². The molecule has 0 spiro atoms. The van der Waals surface area contributed by atoms with Crippen molar-refractivity contribution in [2.45, 2.75) is 18.6 Å². The van der Waals surface area contributed by atoms with Gasteiger partial charge in [-0.3, -0.25) is 9.36 Å². The van der Waals surface area contributed by atoms with Gasteiger partial charge in [-0.05, 0) is 19.1 Å². The number of fused-ring (bicyclic) bond motifs is 1. The molecule has 168 valence electrons. The van der Waals surface area contributed by atoms with Crippen LogP contribution in [0.25, 0.3) is 23.1 Å². The van der Waals surface area contributed by atoms with E-state index in [0.717, 1.165) is 5.56 Å². The predicted octanol–water partition coefficient (Wildman–Crippen LogP) is 3.52. The first kappa shape index (κ1) is 21.0. The van der Waals surface area contributed by atoms with E-state index in [1.165, 1.54) is 11.8 Å². The first-order chi connectivity index (χ1) is 16.2. The molecule has 1 aliphatic heterocycles. The van der Waals surface area contributed by atoms with E-state index < -0.39 is 0 Å². The molecule has 33 heavy (non-hydrogen) atoms. The van der Waals surface area contributed by atoms with E-state index in [0.29, 0.717) is 53.8 Å². The number of anilines is 1. The van der Waals surface area contributed by atoms with Crippen LogP contribution in [0.15, 0.2) is 58.2 Å². The normalized spacial score (nSPS) is 12.5. The molecule has 0 unspecified atom stereocenters. The van der Waals surface area contributed by atoms with Crippen LogP contribution in [0.3, 0.4) is 0 Å². The number of nitrogens with zero attached hydrogens (tertiary/aromatic N) is 5. The van der Waals surface area contributed by atoms with E-state index in [9.17, 15) is 4.79 Å². The van der Waals surface area contributed by atoms with Crippen LogP contribution in [0, 0.1) is 0 Å². The van der Waals surface area contributed by atoms with Gasteiger partial charge in [0.05, 0.1) is 5.75 Å². The topological polar surface area (TPSA) is 117 Å². The molecule has 5 rings (SSSR count). The zero-order chi connectivity index (χ0) is 22.6. The van der Waals surface area contributed by atoms with Gasteiger partial charge in [0.25, 0.3) is 5.89 Å². The monoisotopic (exact) mass is 464 g/mol. The van der Waals surface area contributed by atoms with Crippen LogP contribution in [-0.2, 0) is 11.3 Å². The summed E-state index contributed by atoms with van der Waals surface area (Å²) in [5.74, 6) is 2.49. The number of hydrogen-bond acceptors (Lipinski definition) is 9. The Labute approximate surface area is 193 Å². The Kier molecular flexibility index (Phi) is 5.94. The fourth-order valence-electron chi connectivity index (χ4n) is 3.31. The summed E-state index contributed by atoms with van der Waals surface area (Å²) in [7, 11) is 0.